The number of hydrogen-bond donors (Lipinski definition) is 2. The molecule has 0 spiro atoms. The molecule has 1 unspecified atom stereocenters. The molecule has 2 aromatic heterocycles. The molecule has 7 nitrogen and oxygen atoms in total. The van der Waals surface area contributed by atoms with E-state index in [0.717, 1.165) is 15.7 Å². The molecule has 2 N–H and O–H groups in total. The van der Waals surface area contributed by atoms with Crippen molar-refractivity contribution in [2.45, 2.75) is 6.04 Å². The quantitative estimate of drug-likeness (QED) is 0.226. The summed E-state index contributed by atoms with van der Waals surface area (Å²) in [5, 5.41) is 13.1. The van der Waals surface area contributed by atoms with E-state index in [4.69, 9.17) is 4.42 Å². The molecule has 0 radical (unpaired) electrons. The van der Waals surface area contributed by atoms with Gasteiger partial charge in [-0.15, -0.1) is 0 Å². The topological polar surface area (TPSA) is 99.4 Å². The summed E-state index contributed by atoms with van der Waals surface area (Å²) in [6, 6.07) is 19.0. The zero-order valence-corrected chi connectivity index (χ0v) is 17.5. The molecule has 3 aromatic carbocycles. The lowest BCUT2D eigenvalue weighted by atomic mass is 9.98. The Labute approximate surface area is 191 Å². The second-order valence-corrected chi connectivity index (χ2v) is 7.97. The minimum Gasteiger partial charge on any atom is -0.507 e. The van der Waals surface area contributed by atoms with Crippen molar-refractivity contribution in [2.24, 2.45) is 0 Å². The third kappa shape index (κ3) is 3.00. The lowest BCUT2D eigenvalue weighted by Crippen LogP contribution is -2.30. The van der Waals surface area contributed by atoms with Crippen LogP contribution in [0.5, 0.6) is 0 Å². The third-order valence-corrected chi connectivity index (χ3v) is 5.94. The van der Waals surface area contributed by atoms with Gasteiger partial charge in [0, 0.05) is 5.56 Å². The Balaban J connectivity index is 1.55. The summed E-state index contributed by atoms with van der Waals surface area (Å²) in [4.78, 5) is 34.8. The number of halogens is 1. The highest BCUT2D eigenvalue weighted by atomic mass is 19.1. The molecule has 5 aromatic rings. The van der Waals surface area contributed by atoms with E-state index in [1.54, 1.807) is 24.3 Å². The average molecular weight is 453 g/mol. The number of Topliss-reactive ketones (excluding diaryl/α,β-unsaturated/α-hetero) is 1. The van der Waals surface area contributed by atoms with Crippen LogP contribution in [0.2, 0.25) is 0 Å². The fourth-order valence-electron chi connectivity index (χ4n) is 4.34. The van der Waals surface area contributed by atoms with Crippen molar-refractivity contribution in [3.05, 3.63) is 102 Å². The maximum atomic E-state index is 13.7. The molecule has 0 aliphatic carbocycles. The van der Waals surface area contributed by atoms with Crippen LogP contribution in [0.15, 0.2) is 89.0 Å². The van der Waals surface area contributed by atoms with E-state index in [1.807, 2.05) is 30.3 Å². The Kier molecular flexibility index (Phi) is 4.35. The first kappa shape index (κ1) is 19.9. The summed E-state index contributed by atoms with van der Waals surface area (Å²) in [6.45, 7) is 0. The molecule has 1 atom stereocenters. The number of H-pyrrole nitrogens is 1. The first-order valence-corrected chi connectivity index (χ1v) is 10.5. The number of hydrogen-bond acceptors (Lipinski definition) is 5. The van der Waals surface area contributed by atoms with Gasteiger partial charge in [0.2, 0.25) is 5.95 Å². The van der Waals surface area contributed by atoms with Gasteiger partial charge in [-0.3, -0.25) is 14.5 Å². The number of aliphatic hydroxyl groups excluding tert-OH is 1. The van der Waals surface area contributed by atoms with Crippen LogP contribution in [0.1, 0.15) is 17.4 Å². The number of amides is 1. The molecule has 1 aliphatic rings. The SMILES string of the molecule is O=C1C(=O)N(c2nc3ccc(F)cc3[nH]2)C(c2ccco2)/C1=C(\O)c1ccc2ccccc2c1. The maximum Gasteiger partial charge on any atom is 0.302 e. The molecule has 166 valence electrons. The van der Waals surface area contributed by atoms with E-state index in [2.05, 4.69) is 9.97 Å². The van der Waals surface area contributed by atoms with Crippen LogP contribution < -0.4 is 4.90 Å². The van der Waals surface area contributed by atoms with Crippen molar-refractivity contribution >= 4 is 45.2 Å². The number of ketones is 1. The van der Waals surface area contributed by atoms with Crippen molar-refractivity contribution in [3.63, 3.8) is 0 Å². The number of carbonyl (C=O) groups is 2. The predicted octanol–water partition coefficient (Wildman–Crippen LogP) is 5.07. The average Bonchev–Trinajstić information content (AvgIpc) is 3.57. The smallest absolute Gasteiger partial charge is 0.302 e. The Morgan fingerprint density at radius 3 is 2.62 bits per heavy atom. The van der Waals surface area contributed by atoms with Crippen molar-refractivity contribution in [2.75, 3.05) is 4.90 Å². The molecular formula is C26H16FN3O4. The number of aromatic amines is 1. The Hall–Kier alpha value is -4.72. The second-order valence-electron chi connectivity index (χ2n) is 7.97. The van der Waals surface area contributed by atoms with Crippen molar-refractivity contribution in [3.8, 4) is 0 Å². The number of aliphatic hydroxyl groups is 1. The molecule has 0 bridgehead atoms. The molecule has 6 rings (SSSR count). The minimum absolute atomic E-state index is 0.0432. The van der Waals surface area contributed by atoms with Crippen LogP contribution in [-0.2, 0) is 9.59 Å². The summed E-state index contributed by atoms with van der Waals surface area (Å²) < 4.78 is 19.2. The Bertz CT molecular complexity index is 1630. The van der Waals surface area contributed by atoms with Gasteiger partial charge in [0.25, 0.3) is 5.78 Å². The fourth-order valence-corrected chi connectivity index (χ4v) is 4.34. The minimum atomic E-state index is -1.06. The number of nitrogens with zero attached hydrogens (tertiary/aromatic N) is 2. The van der Waals surface area contributed by atoms with Gasteiger partial charge >= 0.3 is 5.91 Å². The van der Waals surface area contributed by atoms with Crippen LogP contribution in [0.4, 0.5) is 10.3 Å². The van der Waals surface area contributed by atoms with Crippen LogP contribution in [-0.4, -0.2) is 26.8 Å². The van der Waals surface area contributed by atoms with Gasteiger partial charge in [-0.1, -0.05) is 36.4 Å². The maximum absolute atomic E-state index is 13.7. The molecule has 1 fully saturated rings. The zero-order chi connectivity index (χ0) is 23.4. The van der Waals surface area contributed by atoms with Crippen molar-refractivity contribution < 1.29 is 23.5 Å². The molecule has 34 heavy (non-hydrogen) atoms. The lowest BCUT2D eigenvalue weighted by Gasteiger charge is -2.20. The molecule has 8 heteroatoms. The number of fused-ring (bicyclic) bond motifs is 2. The van der Waals surface area contributed by atoms with Crippen LogP contribution in [0, 0.1) is 5.82 Å². The highest BCUT2D eigenvalue weighted by Gasteiger charge is 2.49. The molecule has 1 amide bonds. The monoisotopic (exact) mass is 453 g/mol. The molecule has 1 saturated heterocycles. The largest absolute Gasteiger partial charge is 0.507 e. The number of furan rings is 1. The zero-order valence-electron chi connectivity index (χ0n) is 17.5. The first-order chi connectivity index (χ1) is 16.5. The molecule has 0 saturated carbocycles. The van der Waals surface area contributed by atoms with Gasteiger partial charge in [0.1, 0.15) is 23.4 Å². The number of anilines is 1. The second kappa shape index (κ2) is 7.41. The number of carbonyl (C=O) groups excluding carboxylic acids is 2. The number of rotatable bonds is 3. The van der Waals surface area contributed by atoms with Gasteiger partial charge in [0.15, 0.2) is 0 Å². The van der Waals surface area contributed by atoms with Gasteiger partial charge in [-0.2, -0.15) is 0 Å². The van der Waals surface area contributed by atoms with Crippen molar-refractivity contribution in [1.29, 1.82) is 0 Å². The normalized spacial score (nSPS) is 17.8. The lowest BCUT2D eigenvalue weighted by molar-refractivity contribution is -0.132. The van der Waals surface area contributed by atoms with E-state index in [0.29, 0.717) is 16.6 Å². The van der Waals surface area contributed by atoms with Crippen molar-refractivity contribution in [1.82, 2.24) is 9.97 Å². The summed E-state index contributed by atoms with van der Waals surface area (Å²) in [5.74, 6) is -2.24. The number of aromatic nitrogens is 2. The molecular weight excluding hydrogens is 437 g/mol. The summed E-state index contributed by atoms with van der Waals surface area (Å²) in [5.41, 5.74) is 1.05. The summed E-state index contributed by atoms with van der Waals surface area (Å²) in [6.07, 6.45) is 1.42. The van der Waals surface area contributed by atoms with E-state index < -0.39 is 23.5 Å². The first-order valence-electron chi connectivity index (χ1n) is 10.5. The van der Waals surface area contributed by atoms with Gasteiger partial charge < -0.3 is 14.5 Å². The van der Waals surface area contributed by atoms with Crippen LogP contribution in [0.3, 0.4) is 0 Å². The number of imidazole rings is 1. The highest BCUT2D eigenvalue weighted by Crippen LogP contribution is 2.42. The van der Waals surface area contributed by atoms with Crippen LogP contribution >= 0.6 is 0 Å². The summed E-state index contributed by atoms with van der Waals surface area (Å²) in [7, 11) is 0. The van der Waals surface area contributed by atoms with Gasteiger partial charge in [-0.25, -0.2) is 9.37 Å². The van der Waals surface area contributed by atoms with E-state index >= 15 is 0 Å². The van der Waals surface area contributed by atoms with E-state index in [9.17, 15) is 19.1 Å². The third-order valence-electron chi connectivity index (χ3n) is 5.94. The van der Waals surface area contributed by atoms with Gasteiger partial charge in [0.05, 0.1) is 22.9 Å². The Morgan fingerprint density at radius 1 is 1.00 bits per heavy atom. The number of nitrogens with one attached hydrogen (secondary N) is 1. The highest BCUT2D eigenvalue weighted by molar-refractivity contribution is 6.51. The standard InChI is InChI=1S/C26H16FN3O4/c27-17-9-10-18-19(13-17)29-26(28-18)30-22(20-6-3-11-34-20)21(24(32)25(30)33)23(31)16-8-7-14-4-1-2-5-15(14)12-16/h1-13,22,31H,(H,28,29)/b23-21+. The molecule has 1 aliphatic heterocycles. The summed E-state index contributed by atoms with van der Waals surface area (Å²) >= 11 is 0. The fraction of sp³-hybridized carbons (Fsp3) is 0.0385. The van der Waals surface area contributed by atoms with Gasteiger partial charge in [-0.05, 0) is 47.2 Å². The van der Waals surface area contributed by atoms with E-state index in [-0.39, 0.29) is 23.0 Å². The molecule has 3 heterocycles. The van der Waals surface area contributed by atoms with E-state index in [1.165, 1.54) is 24.5 Å². The Morgan fingerprint density at radius 2 is 1.82 bits per heavy atom. The van der Waals surface area contributed by atoms with Crippen LogP contribution in [0.25, 0.3) is 27.6 Å². The predicted molar refractivity (Wildman–Crippen MR) is 123 cm³/mol. The number of benzene rings is 3.